The number of hydrogen-bond donors (Lipinski definition) is 2. The predicted octanol–water partition coefficient (Wildman–Crippen LogP) is 2.48. The van der Waals surface area contributed by atoms with E-state index >= 15 is 0 Å². The summed E-state index contributed by atoms with van der Waals surface area (Å²) in [6, 6.07) is 5.69. The Bertz CT molecular complexity index is 457. The van der Waals surface area contributed by atoms with E-state index in [2.05, 4.69) is 17.2 Å². The summed E-state index contributed by atoms with van der Waals surface area (Å²) in [6.07, 6.45) is 1.90. The van der Waals surface area contributed by atoms with Crippen molar-refractivity contribution in [1.29, 1.82) is 0 Å². The molecule has 2 atom stereocenters. The monoisotopic (exact) mass is 331 g/mol. The van der Waals surface area contributed by atoms with Crippen LogP contribution in [0.15, 0.2) is 18.2 Å². The minimum absolute atomic E-state index is 0.0145. The van der Waals surface area contributed by atoms with Gasteiger partial charge in [0.2, 0.25) is 0 Å². The van der Waals surface area contributed by atoms with E-state index in [9.17, 15) is 0 Å². The third-order valence-corrected chi connectivity index (χ3v) is 4.71. The minimum Gasteiger partial charge on any atom is -0.374 e. The minimum atomic E-state index is 0.0145. The zero-order chi connectivity index (χ0) is 15.2. The molecule has 3 N–H and O–H groups in total. The standard InChI is InChI=1S/C15H23Cl2N3O/c1-2-6-20-7-8-21-14(10-20)13(19-18)9-11-4-3-5-12(16)15(11)17/h3-5,13-14,19H,2,6-10,18H2,1H3. The van der Waals surface area contributed by atoms with Gasteiger partial charge in [0.1, 0.15) is 0 Å². The number of hydrazine groups is 1. The van der Waals surface area contributed by atoms with Gasteiger partial charge in [0.15, 0.2) is 0 Å². The highest BCUT2D eigenvalue weighted by atomic mass is 35.5. The first-order valence-electron chi connectivity index (χ1n) is 7.38. The van der Waals surface area contributed by atoms with Crippen LogP contribution in [0.4, 0.5) is 0 Å². The van der Waals surface area contributed by atoms with E-state index in [0.29, 0.717) is 16.5 Å². The van der Waals surface area contributed by atoms with E-state index in [0.717, 1.165) is 38.2 Å². The number of nitrogens with two attached hydrogens (primary N) is 1. The molecule has 2 rings (SSSR count). The molecule has 1 fully saturated rings. The lowest BCUT2D eigenvalue weighted by molar-refractivity contribution is -0.0462. The van der Waals surface area contributed by atoms with E-state index in [-0.39, 0.29) is 12.1 Å². The van der Waals surface area contributed by atoms with Crippen molar-refractivity contribution in [3.8, 4) is 0 Å². The van der Waals surface area contributed by atoms with E-state index in [4.69, 9.17) is 33.8 Å². The molecule has 2 unspecified atom stereocenters. The van der Waals surface area contributed by atoms with Crippen molar-refractivity contribution in [2.24, 2.45) is 5.84 Å². The summed E-state index contributed by atoms with van der Waals surface area (Å²) in [6.45, 7) is 5.90. The van der Waals surface area contributed by atoms with Crippen LogP contribution in [0.2, 0.25) is 10.0 Å². The van der Waals surface area contributed by atoms with Crippen molar-refractivity contribution in [2.45, 2.75) is 31.9 Å². The molecule has 0 spiro atoms. The fourth-order valence-corrected chi connectivity index (χ4v) is 3.13. The van der Waals surface area contributed by atoms with Crippen LogP contribution in [0, 0.1) is 0 Å². The fraction of sp³-hybridized carbons (Fsp3) is 0.600. The average molecular weight is 332 g/mol. The Balaban J connectivity index is 2.03. The van der Waals surface area contributed by atoms with E-state index in [1.165, 1.54) is 0 Å². The van der Waals surface area contributed by atoms with Crippen LogP contribution in [-0.4, -0.2) is 43.3 Å². The van der Waals surface area contributed by atoms with Gasteiger partial charge in [0.05, 0.1) is 28.8 Å². The fourth-order valence-electron chi connectivity index (χ4n) is 2.74. The maximum atomic E-state index is 6.26. The van der Waals surface area contributed by atoms with Gasteiger partial charge >= 0.3 is 0 Å². The maximum absolute atomic E-state index is 6.26. The SMILES string of the molecule is CCCN1CCOC(C(Cc2cccc(Cl)c2Cl)NN)C1. The zero-order valence-corrected chi connectivity index (χ0v) is 13.8. The highest BCUT2D eigenvalue weighted by Gasteiger charge is 2.28. The summed E-state index contributed by atoms with van der Waals surface area (Å²) in [4.78, 5) is 2.41. The van der Waals surface area contributed by atoms with Crippen molar-refractivity contribution >= 4 is 23.2 Å². The first-order chi connectivity index (χ1) is 10.2. The summed E-state index contributed by atoms with van der Waals surface area (Å²) < 4.78 is 5.89. The Labute approximate surface area is 136 Å². The molecule has 0 aliphatic carbocycles. The van der Waals surface area contributed by atoms with Crippen LogP contribution in [-0.2, 0) is 11.2 Å². The van der Waals surface area contributed by atoms with Gasteiger partial charge in [-0.1, -0.05) is 42.3 Å². The molecule has 0 bridgehead atoms. The molecule has 118 valence electrons. The number of nitrogens with zero attached hydrogens (tertiary/aromatic N) is 1. The van der Waals surface area contributed by atoms with E-state index < -0.39 is 0 Å². The molecule has 6 heteroatoms. The van der Waals surface area contributed by atoms with Crippen LogP contribution in [0.3, 0.4) is 0 Å². The van der Waals surface area contributed by atoms with Crippen LogP contribution < -0.4 is 11.3 Å². The van der Waals surface area contributed by atoms with Crippen molar-refractivity contribution in [2.75, 3.05) is 26.2 Å². The Hall–Kier alpha value is -0.360. The molecule has 0 saturated carbocycles. The van der Waals surface area contributed by atoms with Crippen molar-refractivity contribution in [3.05, 3.63) is 33.8 Å². The lowest BCUT2D eigenvalue weighted by atomic mass is 10.0. The molecule has 1 aliphatic rings. The smallest absolute Gasteiger partial charge is 0.0871 e. The third-order valence-electron chi connectivity index (χ3n) is 3.85. The Morgan fingerprint density at radius 1 is 1.48 bits per heavy atom. The second kappa shape index (κ2) is 8.32. The van der Waals surface area contributed by atoms with Gasteiger partial charge in [0.25, 0.3) is 0 Å². The second-order valence-electron chi connectivity index (χ2n) is 5.40. The predicted molar refractivity (Wildman–Crippen MR) is 87.7 cm³/mol. The highest BCUT2D eigenvalue weighted by molar-refractivity contribution is 6.42. The van der Waals surface area contributed by atoms with Gasteiger partial charge in [-0.15, -0.1) is 0 Å². The van der Waals surface area contributed by atoms with Crippen LogP contribution >= 0.6 is 23.2 Å². The molecule has 0 radical (unpaired) electrons. The molecular formula is C15H23Cl2N3O. The Morgan fingerprint density at radius 3 is 3.00 bits per heavy atom. The molecule has 0 amide bonds. The molecule has 0 aromatic heterocycles. The molecule has 1 aliphatic heterocycles. The zero-order valence-electron chi connectivity index (χ0n) is 12.3. The van der Waals surface area contributed by atoms with Crippen molar-refractivity contribution in [3.63, 3.8) is 0 Å². The maximum Gasteiger partial charge on any atom is 0.0871 e. The van der Waals surface area contributed by atoms with E-state index in [1.54, 1.807) is 6.07 Å². The lowest BCUT2D eigenvalue weighted by Crippen LogP contribution is -2.54. The highest BCUT2D eigenvalue weighted by Crippen LogP contribution is 2.27. The quantitative estimate of drug-likeness (QED) is 0.621. The largest absolute Gasteiger partial charge is 0.374 e. The number of hydrogen-bond acceptors (Lipinski definition) is 4. The number of benzene rings is 1. The van der Waals surface area contributed by atoms with Crippen molar-refractivity contribution in [1.82, 2.24) is 10.3 Å². The van der Waals surface area contributed by atoms with Gasteiger partial charge in [-0.25, -0.2) is 0 Å². The summed E-state index contributed by atoms with van der Waals surface area (Å²) in [7, 11) is 0. The average Bonchev–Trinajstić information content (AvgIpc) is 2.49. The Morgan fingerprint density at radius 2 is 2.29 bits per heavy atom. The lowest BCUT2D eigenvalue weighted by Gasteiger charge is -2.36. The van der Waals surface area contributed by atoms with Crippen molar-refractivity contribution < 1.29 is 4.74 Å². The summed E-state index contributed by atoms with van der Waals surface area (Å²) in [5.74, 6) is 5.73. The van der Waals surface area contributed by atoms with Gasteiger partial charge < -0.3 is 4.74 Å². The van der Waals surface area contributed by atoms with E-state index in [1.807, 2.05) is 12.1 Å². The van der Waals surface area contributed by atoms with Gasteiger partial charge in [-0.3, -0.25) is 16.2 Å². The molecular weight excluding hydrogens is 309 g/mol. The summed E-state index contributed by atoms with van der Waals surface area (Å²) in [5.41, 5.74) is 3.87. The first kappa shape index (κ1) is 17.0. The van der Waals surface area contributed by atoms with Crippen LogP contribution in [0.1, 0.15) is 18.9 Å². The summed E-state index contributed by atoms with van der Waals surface area (Å²) >= 11 is 12.3. The molecule has 4 nitrogen and oxygen atoms in total. The number of morpholine rings is 1. The van der Waals surface area contributed by atoms with Gasteiger partial charge in [-0.2, -0.15) is 0 Å². The normalized spacial score (nSPS) is 21.4. The molecule has 21 heavy (non-hydrogen) atoms. The second-order valence-corrected chi connectivity index (χ2v) is 6.19. The molecule has 1 aromatic carbocycles. The Kier molecular flexibility index (Phi) is 6.74. The summed E-state index contributed by atoms with van der Waals surface area (Å²) in [5, 5.41) is 1.17. The number of nitrogens with one attached hydrogen (secondary N) is 1. The van der Waals surface area contributed by atoms with Gasteiger partial charge in [0, 0.05) is 13.1 Å². The molecule has 1 saturated heterocycles. The molecule has 1 heterocycles. The third kappa shape index (κ3) is 4.55. The van der Waals surface area contributed by atoms with Crippen LogP contribution in [0.25, 0.3) is 0 Å². The van der Waals surface area contributed by atoms with Crippen LogP contribution in [0.5, 0.6) is 0 Å². The number of ether oxygens (including phenoxy) is 1. The van der Waals surface area contributed by atoms with Gasteiger partial charge in [-0.05, 0) is 31.0 Å². The number of halogens is 2. The number of rotatable bonds is 6. The first-order valence-corrected chi connectivity index (χ1v) is 8.14. The topological polar surface area (TPSA) is 50.5 Å². The molecule has 1 aromatic rings.